The highest BCUT2D eigenvalue weighted by Crippen LogP contribution is 2.31. The first-order chi connectivity index (χ1) is 9.74. The monoisotopic (exact) mass is 273 g/mol. The third kappa shape index (κ3) is 2.47. The molecule has 20 heavy (non-hydrogen) atoms. The molecule has 0 radical (unpaired) electrons. The van der Waals surface area contributed by atoms with Crippen LogP contribution >= 0.6 is 0 Å². The van der Waals surface area contributed by atoms with E-state index >= 15 is 0 Å². The molecule has 0 saturated heterocycles. The second-order valence-corrected chi connectivity index (χ2v) is 4.62. The largest absolute Gasteiger partial charge is 0.486 e. The van der Waals surface area contributed by atoms with Crippen LogP contribution in [-0.2, 0) is 6.54 Å². The number of fused-ring (bicyclic) bond motifs is 1. The second kappa shape index (κ2) is 5.28. The van der Waals surface area contributed by atoms with Gasteiger partial charge in [-0.1, -0.05) is 6.07 Å². The van der Waals surface area contributed by atoms with Crippen molar-refractivity contribution in [3.8, 4) is 11.5 Å². The Morgan fingerprint density at radius 3 is 2.75 bits per heavy atom. The molecule has 0 bridgehead atoms. The van der Waals surface area contributed by atoms with Gasteiger partial charge in [-0.05, 0) is 29.8 Å². The van der Waals surface area contributed by atoms with Gasteiger partial charge in [-0.25, -0.2) is 0 Å². The molecule has 0 N–H and O–H groups in total. The van der Waals surface area contributed by atoms with E-state index in [0.717, 1.165) is 17.1 Å². The number of ether oxygens (including phenoxy) is 2. The zero-order chi connectivity index (χ0) is 13.9. The number of carbonyl (C=O) groups excluding carboxylic acids is 1. The molecule has 1 amide bonds. The van der Waals surface area contributed by atoms with Gasteiger partial charge < -0.3 is 18.8 Å². The van der Waals surface area contributed by atoms with E-state index in [4.69, 9.17) is 13.9 Å². The first-order valence-electron chi connectivity index (χ1n) is 6.41. The van der Waals surface area contributed by atoms with Crippen molar-refractivity contribution in [1.29, 1.82) is 0 Å². The van der Waals surface area contributed by atoms with Crippen LogP contribution in [0.15, 0.2) is 41.0 Å². The van der Waals surface area contributed by atoms with Crippen LogP contribution in [0.4, 0.5) is 0 Å². The minimum Gasteiger partial charge on any atom is -0.486 e. The molecule has 0 unspecified atom stereocenters. The molecule has 0 fully saturated rings. The number of hydrogen-bond acceptors (Lipinski definition) is 4. The Balaban J connectivity index is 1.72. The summed E-state index contributed by atoms with van der Waals surface area (Å²) in [5, 5.41) is 0. The van der Waals surface area contributed by atoms with Crippen molar-refractivity contribution in [3.63, 3.8) is 0 Å². The maximum atomic E-state index is 12.1. The summed E-state index contributed by atoms with van der Waals surface area (Å²) in [6, 6.07) is 9.06. The molecule has 2 aromatic rings. The van der Waals surface area contributed by atoms with Gasteiger partial charge in [0.1, 0.15) is 13.2 Å². The third-order valence-electron chi connectivity index (χ3n) is 3.10. The summed E-state index contributed by atoms with van der Waals surface area (Å²) in [5.74, 6) is 1.67. The van der Waals surface area contributed by atoms with Gasteiger partial charge in [0.25, 0.3) is 5.91 Å². The summed E-state index contributed by atoms with van der Waals surface area (Å²) in [7, 11) is 1.74. The second-order valence-electron chi connectivity index (χ2n) is 4.62. The van der Waals surface area contributed by atoms with E-state index < -0.39 is 0 Å². The molecule has 0 atom stereocenters. The number of amides is 1. The van der Waals surface area contributed by atoms with E-state index in [9.17, 15) is 4.79 Å². The van der Waals surface area contributed by atoms with Crippen LogP contribution in [-0.4, -0.2) is 31.1 Å². The standard InChI is InChI=1S/C15H15NO4/c1-16(15(17)13-3-2-6-18-13)10-11-4-5-12-14(9-11)20-8-7-19-12/h2-6,9H,7-8,10H2,1H3. The summed E-state index contributed by atoms with van der Waals surface area (Å²) < 4.78 is 16.1. The zero-order valence-corrected chi connectivity index (χ0v) is 11.2. The summed E-state index contributed by atoms with van der Waals surface area (Å²) in [4.78, 5) is 13.7. The maximum Gasteiger partial charge on any atom is 0.289 e. The molecule has 1 aromatic heterocycles. The van der Waals surface area contributed by atoms with Crippen molar-refractivity contribution in [2.24, 2.45) is 0 Å². The Morgan fingerprint density at radius 2 is 2.00 bits per heavy atom. The molecule has 2 heterocycles. The highest BCUT2D eigenvalue weighted by atomic mass is 16.6. The van der Waals surface area contributed by atoms with Gasteiger partial charge in [0.05, 0.1) is 6.26 Å². The lowest BCUT2D eigenvalue weighted by molar-refractivity contribution is 0.0753. The van der Waals surface area contributed by atoms with E-state index in [2.05, 4.69) is 0 Å². The van der Waals surface area contributed by atoms with Crippen LogP contribution in [0.3, 0.4) is 0 Å². The highest BCUT2D eigenvalue weighted by Gasteiger charge is 2.16. The van der Waals surface area contributed by atoms with Gasteiger partial charge in [0.15, 0.2) is 17.3 Å². The molecule has 5 heteroatoms. The molecular weight excluding hydrogens is 258 g/mol. The normalized spacial score (nSPS) is 13.1. The van der Waals surface area contributed by atoms with Crippen molar-refractivity contribution in [1.82, 2.24) is 4.90 Å². The number of benzene rings is 1. The Kier molecular flexibility index (Phi) is 3.33. The molecule has 0 spiro atoms. The summed E-state index contributed by atoms with van der Waals surface area (Å²) in [6.07, 6.45) is 1.49. The van der Waals surface area contributed by atoms with Crippen molar-refractivity contribution in [2.45, 2.75) is 6.54 Å². The summed E-state index contributed by atoms with van der Waals surface area (Å²) in [5.41, 5.74) is 0.983. The van der Waals surface area contributed by atoms with Gasteiger partial charge in [-0.3, -0.25) is 4.79 Å². The fourth-order valence-corrected chi connectivity index (χ4v) is 2.12. The van der Waals surface area contributed by atoms with E-state index in [1.807, 2.05) is 18.2 Å². The number of nitrogens with zero attached hydrogens (tertiary/aromatic N) is 1. The lowest BCUT2D eigenvalue weighted by Crippen LogP contribution is -2.26. The lowest BCUT2D eigenvalue weighted by Gasteiger charge is -2.20. The molecular formula is C15H15NO4. The Labute approximate surface area is 116 Å². The van der Waals surface area contributed by atoms with Crippen LogP contribution in [0.5, 0.6) is 11.5 Å². The fourth-order valence-electron chi connectivity index (χ4n) is 2.12. The molecule has 104 valence electrons. The molecule has 1 aliphatic heterocycles. The minimum atomic E-state index is -0.148. The van der Waals surface area contributed by atoms with E-state index in [1.54, 1.807) is 24.1 Å². The van der Waals surface area contributed by atoms with E-state index in [-0.39, 0.29) is 5.91 Å². The van der Waals surface area contributed by atoms with Crippen LogP contribution < -0.4 is 9.47 Å². The lowest BCUT2D eigenvalue weighted by atomic mass is 10.2. The van der Waals surface area contributed by atoms with Crippen LogP contribution in [0.25, 0.3) is 0 Å². The number of rotatable bonds is 3. The predicted octanol–water partition coefficient (Wildman–Crippen LogP) is 2.32. The maximum absolute atomic E-state index is 12.1. The zero-order valence-electron chi connectivity index (χ0n) is 11.2. The van der Waals surface area contributed by atoms with Gasteiger partial charge >= 0.3 is 0 Å². The molecule has 1 aliphatic rings. The third-order valence-corrected chi connectivity index (χ3v) is 3.10. The minimum absolute atomic E-state index is 0.148. The number of furan rings is 1. The Morgan fingerprint density at radius 1 is 1.20 bits per heavy atom. The SMILES string of the molecule is CN(Cc1ccc2c(c1)OCCO2)C(=O)c1ccco1. The van der Waals surface area contributed by atoms with E-state index in [0.29, 0.717) is 25.5 Å². The number of hydrogen-bond donors (Lipinski definition) is 0. The van der Waals surface area contributed by atoms with Crippen molar-refractivity contribution in [2.75, 3.05) is 20.3 Å². The first kappa shape index (κ1) is 12.6. The van der Waals surface area contributed by atoms with Gasteiger partial charge in [-0.2, -0.15) is 0 Å². The molecule has 0 saturated carbocycles. The highest BCUT2D eigenvalue weighted by molar-refractivity contribution is 5.91. The van der Waals surface area contributed by atoms with Gasteiger partial charge in [0, 0.05) is 13.6 Å². The average molecular weight is 273 g/mol. The van der Waals surface area contributed by atoms with Crippen LogP contribution in [0, 0.1) is 0 Å². The molecule has 5 nitrogen and oxygen atoms in total. The molecule has 3 rings (SSSR count). The number of carbonyl (C=O) groups is 1. The summed E-state index contributed by atoms with van der Waals surface area (Å²) >= 11 is 0. The Hall–Kier alpha value is -2.43. The average Bonchev–Trinajstić information content (AvgIpc) is 3.00. The van der Waals surface area contributed by atoms with Crippen molar-refractivity contribution in [3.05, 3.63) is 47.9 Å². The predicted molar refractivity (Wildman–Crippen MR) is 71.9 cm³/mol. The quantitative estimate of drug-likeness (QED) is 0.861. The van der Waals surface area contributed by atoms with Gasteiger partial charge in [-0.15, -0.1) is 0 Å². The van der Waals surface area contributed by atoms with Crippen LogP contribution in [0.1, 0.15) is 16.1 Å². The smallest absolute Gasteiger partial charge is 0.289 e. The topological polar surface area (TPSA) is 51.9 Å². The first-order valence-corrected chi connectivity index (χ1v) is 6.41. The van der Waals surface area contributed by atoms with Crippen molar-refractivity contribution >= 4 is 5.91 Å². The van der Waals surface area contributed by atoms with Gasteiger partial charge in [0.2, 0.25) is 0 Å². The van der Waals surface area contributed by atoms with Crippen LogP contribution in [0.2, 0.25) is 0 Å². The summed E-state index contributed by atoms with van der Waals surface area (Å²) in [6.45, 7) is 1.61. The van der Waals surface area contributed by atoms with E-state index in [1.165, 1.54) is 6.26 Å². The fraction of sp³-hybridized carbons (Fsp3) is 0.267. The Bertz CT molecular complexity index is 606. The molecule has 1 aromatic carbocycles. The van der Waals surface area contributed by atoms with Crippen molar-refractivity contribution < 1.29 is 18.7 Å². The molecule has 0 aliphatic carbocycles.